The molecule has 35 heavy (non-hydrogen) atoms. The predicted octanol–water partition coefficient (Wildman–Crippen LogP) is 5.02. The molecule has 0 saturated heterocycles. The van der Waals surface area contributed by atoms with E-state index in [9.17, 15) is 13.6 Å². The zero-order chi connectivity index (χ0) is 24.9. The molecule has 4 aromatic rings. The van der Waals surface area contributed by atoms with Crippen LogP contribution in [-0.4, -0.2) is 41.7 Å². The number of nitrogens with zero attached hydrogens (tertiary/aromatic N) is 2. The first-order valence-electron chi connectivity index (χ1n) is 10.6. The number of benzene rings is 3. The van der Waals surface area contributed by atoms with Crippen LogP contribution in [0.25, 0.3) is 22.5 Å². The number of carboxylic acid groups (broad SMARTS) is 1. The number of rotatable bonds is 9. The minimum absolute atomic E-state index is 0.111. The molecule has 4 rings (SSSR count). The summed E-state index contributed by atoms with van der Waals surface area (Å²) in [5, 5.41) is 13.6. The van der Waals surface area contributed by atoms with Crippen LogP contribution in [0.15, 0.2) is 66.7 Å². The van der Waals surface area contributed by atoms with Gasteiger partial charge in [-0.2, -0.15) is 5.10 Å². The van der Waals surface area contributed by atoms with Gasteiger partial charge in [-0.3, -0.25) is 4.68 Å². The minimum Gasteiger partial charge on any atom is -0.493 e. The molecule has 180 valence electrons. The van der Waals surface area contributed by atoms with Crippen LogP contribution in [0.4, 0.5) is 8.78 Å². The fraction of sp³-hybridized carbons (Fsp3) is 0.154. The molecule has 1 heterocycles. The Bertz CT molecular complexity index is 1360. The van der Waals surface area contributed by atoms with E-state index in [1.807, 2.05) is 36.4 Å². The summed E-state index contributed by atoms with van der Waals surface area (Å²) in [5.74, 6) is -2.68. The molecule has 0 bridgehead atoms. The lowest BCUT2D eigenvalue weighted by molar-refractivity contribution is -0.139. The Morgan fingerprint density at radius 2 is 1.66 bits per heavy atom. The standard InChI is InChI=1S/C26H22F2N2O5/c1-33-23-10-6-9-17(26(23)34-2)22-13-21(29-30(22)14-16-7-4-3-5-8-16)18-11-19(27)20(28)12-24(18)35-15-25(31)32/h3-13H,14-15H2,1-2H3,(H,31,32). The van der Waals surface area contributed by atoms with Crippen molar-refractivity contribution < 1.29 is 32.9 Å². The van der Waals surface area contributed by atoms with E-state index in [-0.39, 0.29) is 17.0 Å². The van der Waals surface area contributed by atoms with Crippen molar-refractivity contribution >= 4 is 5.97 Å². The van der Waals surface area contributed by atoms with Gasteiger partial charge in [0.1, 0.15) is 5.75 Å². The summed E-state index contributed by atoms with van der Waals surface area (Å²) in [5.41, 5.74) is 2.61. The quantitative estimate of drug-likeness (QED) is 0.362. The summed E-state index contributed by atoms with van der Waals surface area (Å²) in [6, 6.07) is 18.4. The van der Waals surface area contributed by atoms with Crippen molar-refractivity contribution in [3.05, 3.63) is 83.9 Å². The average Bonchev–Trinajstić information content (AvgIpc) is 3.27. The van der Waals surface area contributed by atoms with Gasteiger partial charge in [-0.15, -0.1) is 0 Å². The lowest BCUT2D eigenvalue weighted by atomic mass is 10.1. The first kappa shape index (κ1) is 23.7. The molecule has 1 aromatic heterocycles. The molecule has 0 aliphatic rings. The van der Waals surface area contributed by atoms with Gasteiger partial charge in [-0.05, 0) is 29.8 Å². The van der Waals surface area contributed by atoms with E-state index in [0.29, 0.717) is 29.3 Å². The molecule has 0 unspecified atom stereocenters. The van der Waals surface area contributed by atoms with Crippen molar-refractivity contribution in [1.29, 1.82) is 0 Å². The average molecular weight is 480 g/mol. The van der Waals surface area contributed by atoms with Gasteiger partial charge in [0.15, 0.2) is 29.7 Å². The van der Waals surface area contributed by atoms with Crippen LogP contribution >= 0.6 is 0 Å². The topological polar surface area (TPSA) is 82.8 Å². The minimum atomic E-state index is -1.25. The number of carbonyl (C=O) groups is 1. The monoisotopic (exact) mass is 480 g/mol. The number of para-hydroxylation sites is 1. The predicted molar refractivity (Wildman–Crippen MR) is 125 cm³/mol. The van der Waals surface area contributed by atoms with Gasteiger partial charge >= 0.3 is 5.97 Å². The van der Waals surface area contributed by atoms with Crippen LogP contribution in [0.3, 0.4) is 0 Å². The number of aliphatic carboxylic acids is 1. The molecule has 0 aliphatic heterocycles. The van der Waals surface area contributed by atoms with Crippen LogP contribution in [0.5, 0.6) is 17.2 Å². The fourth-order valence-corrected chi connectivity index (χ4v) is 3.72. The fourth-order valence-electron chi connectivity index (χ4n) is 3.72. The molecule has 0 atom stereocenters. The molecule has 0 amide bonds. The lowest BCUT2D eigenvalue weighted by Gasteiger charge is -2.14. The Morgan fingerprint density at radius 1 is 0.914 bits per heavy atom. The third-order valence-electron chi connectivity index (χ3n) is 5.28. The van der Waals surface area contributed by atoms with E-state index in [2.05, 4.69) is 5.10 Å². The van der Waals surface area contributed by atoms with Gasteiger partial charge in [0.25, 0.3) is 0 Å². The van der Waals surface area contributed by atoms with Crippen LogP contribution in [0.2, 0.25) is 0 Å². The van der Waals surface area contributed by atoms with Crippen molar-refractivity contribution in [1.82, 2.24) is 9.78 Å². The number of halogens is 2. The van der Waals surface area contributed by atoms with Gasteiger partial charge in [-0.25, -0.2) is 13.6 Å². The molecule has 0 saturated carbocycles. The second-order valence-electron chi connectivity index (χ2n) is 7.54. The van der Waals surface area contributed by atoms with Crippen LogP contribution in [0.1, 0.15) is 5.56 Å². The Balaban J connectivity index is 1.90. The van der Waals surface area contributed by atoms with E-state index in [4.69, 9.17) is 19.3 Å². The molecular formula is C26H22F2N2O5. The largest absolute Gasteiger partial charge is 0.493 e. The highest BCUT2D eigenvalue weighted by molar-refractivity contribution is 5.77. The molecule has 3 aromatic carbocycles. The highest BCUT2D eigenvalue weighted by Gasteiger charge is 2.21. The van der Waals surface area contributed by atoms with Crippen molar-refractivity contribution in [3.8, 4) is 39.8 Å². The van der Waals surface area contributed by atoms with Crippen molar-refractivity contribution in [2.75, 3.05) is 20.8 Å². The van der Waals surface area contributed by atoms with Gasteiger partial charge in [0.2, 0.25) is 0 Å². The molecule has 0 radical (unpaired) electrons. The number of methoxy groups -OCH3 is 2. The van der Waals surface area contributed by atoms with E-state index in [0.717, 1.165) is 17.7 Å². The van der Waals surface area contributed by atoms with Crippen molar-refractivity contribution in [3.63, 3.8) is 0 Å². The second kappa shape index (κ2) is 10.3. The molecule has 9 heteroatoms. The van der Waals surface area contributed by atoms with Crippen LogP contribution < -0.4 is 14.2 Å². The van der Waals surface area contributed by atoms with E-state index in [1.165, 1.54) is 14.2 Å². The summed E-state index contributed by atoms with van der Waals surface area (Å²) in [6.07, 6.45) is 0. The zero-order valence-electron chi connectivity index (χ0n) is 19.0. The highest BCUT2D eigenvalue weighted by Crippen LogP contribution is 2.40. The van der Waals surface area contributed by atoms with E-state index >= 15 is 0 Å². The number of hydrogen-bond donors (Lipinski definition) is 1. The number of ether oxygens (including phenoxy) is 3. The van der Waals surface area contributed by atoms with Crippen molar-refractivity contribution in [2.45, 2.75) is 6.54 Å². The lowest BCUT2D eigenvalue weighted by Crippen LogP contribution is -2.10. The maximum absolute atomic E-state index is 14.2. The van der Waals surface area contributed by atoms with Gasteiger partial charge in [0, 0.05) is 17.2 Å². The first-order valence-corrected chi connectivity index (χ1v) is 10.6. The van der Waals surface area contributed by atoms with Gasteiger partial charge in [0.05, 0.1) is 32.2 Å². The SMILES string of the molecule is COc1cccc(-c2cc(-c3cc(F)c(F)cc3OCC(=O)O)nn2Cc2ccccc2)c1OC. The Labute approximate surface area is 200 Å². The Kier molecular flexibility index (Phi) is 6.96. The van der Waals surface area contributed by atoms with E-state index in [1.54, 1.807) is 22.9 Å². The summed E-state index contributed by atoms with van der Waals surface area (Å²) < 4.78 is 46.2. The molecular weight excluding hydrogens is 458 g/mol. The summed E-state index contributed by atoms with van der Waals surface area (Å²) in [4.78, 5) is 11.0. The molecule has 1 N–H and O–H groups in total. The number of carboxylic acids is 1. The molecule has 0 aliphatic carbocycles. The zero-order valence-corrected chi connectivity index (χ0v) is 19.0. The summed E-state index contributed by atoms with van der Waals surface area (Å²) in [6.45, 7) is -0.356. The Morgan fingerprint density at radius 3 is 2.34 bits per heavy atom. The normalized spacial score (nSPS) is 10.7. The second-order valence-corrected chi connectivity index (χ2v) is 7.54. The third-order valence-corrected chi connectivity index (χ3v) is 5.28. The highest BCUT2D eigenvalue weighted by atomic mass is 19.2. The van der Waals surface area contributed by atoms with Crippen LogP contribution in [-0.2, 0) is 11.3 Å². The van der Waals surface area contributed by atoms with E-state index < -0.39 is 24.2 Å². The third kappa shape index (κ3) is 5.08. The van der Waals surface area contributed by atoms with Gasteiger partial charge in [-0.1, -0.05) is 36.4 Å². The molecule has 0 fully saturated rings. The molecule has 0 spiro atoms. The van der Waals surface area contributed by atoms with Crippen molar-refractivity contribution in [2.24, 2.45) is 0 Å². The maximum atomic E-state index is 14.2. The number of hydrogen-bond acceptors (Lipinski definition) is 5. The molecule has 7 nitrogen and oxygen atoms in total. The first-order chi connectivity index (χ1) is 16.9. The van der Waals surface area contributed by atoms with Crippen LogP contribution in [0, 0.1) is 11.6 Å². The Hall–Kier alpha value is -4.40. The smallest absolute Gasteiger partial charge is 0.341 e. The number of aromatic nitrogens is 2. The van der Waals surface area contributed by atoms with Gasteiger partial charge < -0.3 is 19.3 Å². The summed E-state index contributed by atoms with van der Waals surface area (Å²) >= 11 is 0. The maximum Gasteiger partial charge on any atom is 0.341 e. The summed E-state index contributed by atoms with van der Waals surface area (Å²) in [7, 11) is 3.05.